The van der Waals surface area contributed by atoms with Crippen LogP contribution in [0.25, 0.3) is 22.8 Å². The molecule has 5 heteroatoms. The maximum Gasteiger partial charge on any atom is 0.258 e. The fraction of sp³-hybridized carbons (Fsp3) is 0.0909. The van der Waals surface area contributed by atoms with E-state index in [-0.39, 0.29) is 5.82 Å². The van der Waals surface area contributed by atoms with Crippen molar-refractivity contribution in [2.45, 2.75) is 13.5 Å². The largest absolute Gasteiger partial charge is 0.489 e. The van der Waals surface area contributed by atoms with Gasteiger partial charge >= 0.3 is 0 Å². The van der Waals surface area contributed by atoms with Gasteiger partial charge in [0.1, 0.15) is 18.2 Å². The Morgan fingerprint density at radius 2 is 1.78 bits per heavy atom. The summed E-state index contributed by atoms with van der Waals surface area (Å²) in [4.78, 5) is 4.48. The Kier molecular flexibility index (Phi) is 4.66. The highest BCUT2D eigenvalue weighted by molar-refractivity contribution is 5.62. The zero-order valence-corrected chi connectivity index (χ0v) is 14.7. The monoisotopic (exact) mass is 360 g/mol. The highest BCUT2D eigenvalue weighted by atomic mass is 19.1. The summed E-state index contributed by atoms with van der Waals surface area (Å²) >= 11 is 0. The molecule has 4 aromatic rings. The van der Waals surface area contributed by atoms with E-state index in [2.05, 4.69) is 10.1 Å². The molecular weight excluding hydrogens is 343 g/mol. The summed E-state index contributed by atoms with van der Waals surface area (Å²) in [6.07, 6.45) is 0. The van der Waals surface area contributed by atoms with Gasteiger partial charge in [-0.25, -0.2) is 4.39 Å². The molecule has 0 bridgehead atoms. The molecule has 4 rings (SSSR count). The van der Waals surface area contributed by atoms with Crippen LogP contribution in [0.15, 0.2) is 77.3 Å². The Bertz CT molecular complexity index is 1060. The zero-order chi connectivity index (χ0) is 18.6. The van der Waals surface area contributed by atoms with Gasteiger partial charge in [0.15, 0.2) is 0 Å². The second kappa shape index (κ2) is 7.41. The van der Waals surface area contributed by atoms with Crippen molar-refractivity contribution in [1.82, 2.24) is 10.1 Å². The summed E-state index contributed by atoms with van der Waals surface area (Å²) in [5.41, 5.74) is 3.61. The van der Waals surface area contributed by atoms with Crippen LogP contribution >= 0.6 is 0 Å². The van der Waals surface area contributed by atoms with E-state index in [0.717, 1.165) is 22.3 Å². The summed E-state index contributed by atoms with van der Waals surface area (Å²) in [6, 6.07) is 21.6. The van der Waals surface area contributed by atoms with Gasteiger partial charge in [-0.3, -0.25) is 0 Å². The first-order valence-electron chi connectivity index (χ1n) is 8.56. The summed E-state index contributed by atoms with van der Waals surface area (Å²) < 4.78 is 24.3. The lowest BCUT2D eigenvalue weighted by Gasteiger charge is -2.06. The molecule has 0 atom stereocenters. The fourth-order valence-corrected chi connectivity index (χ4v) is 2.76. The van der Waals surface area contributed by atoms with Crippen molar-refractivity contribution in [3.05, 3.63) is 89.7 Å². The van der Waals surface area contributed by atoms with E-state index in [9.17, 15) is 4.39 Å². The van der Waals surface area contributed by atoms with Gasteiger partial charge in [0.2, 0.25) is 5.82 Å². The van der Waals surface area contributed by atoms with Crippen molar-refractivity contribution in [2.75, 3.05) is 0 Å². The van der Waals surface area contributed by atoms with Crippen LogP contribution in [0.5, 0.6) is 5.75 Å². The predicted octanol–water partition coefficient (Wildman–Crippen LogP) is 5.43. The van der Waals surface area contributed by atoms with E-state index in [1.54, 1.807) is 6.07 Å². The summed E-state index contributed by atoms with van der Waals surface area (Å²) in [5.74, 6) is 1.43. The van der Waals surface area contributed by atoms with Gasteiger partial charge in [0.05, 0.1) is 0 Å². The molecule has 4 nitrogen and oxygen atoms in total. The van der Waals surface area contributed by atoms with E-state index in [1.807, 2.05) is 61.5 Å². The number of hydrogen-bond donors (Lipinski definition) is 0. The smallest absolute Gasteiger partial charge is 0.258 e. The predicted molar refractivity (Wildman–Crippen MR) is 101 cm³/mol. The molecule has 1 aromatic heterocycles. The lowest BCUT2D eigenvalue weighted by Crippen LogP contribution is -1.95. The van der Waals surface area contributed by atoms with Crippen LogP contribution in [0, 0.1) is 12.7 Å². The number of benzene rings is 3. The number of aryl methyl sites for hydroxylation is 1. The Hall–Kier alpha value is -3.47. The third kappa shape index (κ3) is 3.87. The third-order valence-corrected chi connectivity index (χ3v) is 4.21. The second-order valence-electron chi connectivity index (χ2n) is 6.18. The molecule has 0 fully saturated rings. The van der Waals surface area contributed by atoms with Crippen LogP contribution in [0.1, 0.15) is 11.1 Å². The zero-order valence-electron chi connectivity index (χ0n) is 14.7. The average molecular weight is 360 g/mol. The number of halogens is 1. The number of hydrogen-bond acceptors (Lipinski definition) is 4. The van der Waals surface area contributed by atoms with Gasteiger partial charge in [-0.05, 0) is 60.5 Å². The van der Waals surface area contributed by atoms with Gasteiger partial charge in [0, 0.05) is 11.1 Å². The van der Waals surface area contributed by atoms with E-state index in [1.165, 1.54) is 12.1 Å². The molecule has 0 aliphatic carbocycles. The molecule has 0 saturated heterocycles. The van der Waals surface area contributed by atoms with Crippen molar-refractivity contribution in [2.24, 2.45) is 0 Å². The summed E-state index contributed by atoms with van der Waals surface area (Å²) in [7, 11) is 0. The van der Waals surface area contributed by atoms with Gasteiger partial charge in [-0.15, -0.1) is 0 Å². The van der Waals surface area contributed by atoms with E-state index < -0.39 is 0 Å². The van der Waals surface area contributed by atoms with Gasteiger partial charge in [-0.2, -0.15) is 4.98 Å². The van der Waals surface area contributed by atoms with E-state index >= 15 is 0 Å². The molecule has 3 aromatic carbocycles. The number of rotatable bonds is 5. The molecule has 27 heavy (non-hydrogen) atoms. The van der Waals surface area contributed by atoms with Crippen LogP contribution in [0.3, 0.4) is 0 Å². The van der Waals surface area contributed by atoms with Crippen molar-refractivity contribution >= 4 is 0 Å². The minimum Gasteiger partial charge on any atom is -0.489 e. The molecular formula is C22H17FN2O2. The topological polar surface area (TPSA) is 48.2 Å². The van der Waals surface area contributed by atoms with Crippen LogP contribution in [-0.2, 0) is 6.61 Å². The number of nitrogens with zero attached hydrogens (tertiary/aromatic N) is 2. The summed E-state index contributed by atoms with van der Waals surface area (Å²) in [5, 5.41) is 4.07. The molecule has 0 unspecified atom stereocenters. The molecule has 134 valence electrons. The lowest BCUT2D eigenvalue weighted by molar-refractivity contribution is 0.305. The highest BCUT2D eigenvalue weighted by Crippen LogP contribution is 2.26. The molecule has 0 N–H and O–H groups in total. The molecule has 0 amide bonds. The van der Waals surface area contributed by atoms with Crippen molar-refractivity contribution in [3.8, 4) is 28.6 Å². The van der Waals surface area contributed by atoms with Gasteiger partial charge < -0.3 is 9.26 Å². The molecule has 0 radical (unpaired) electrons. The van der Waals surface area contributed by atoms with Crippen molar-refractivity contribution in [3.63, 3.8) is 0 Å². The number of aromatic nitrogens is 2. The fourth-order valence-electron chi connectivity index (χ4n) is 2.76. The first kappa shape index (κ1) is 17.0. The lowest BCUT2D eigenvalue weighted by atomic mass is 10.1. The van der Waals surface area contributed by atoms with E-state index in [0.29, 0.717) is 24.1 Å². The van der Waals surface area contributed by atoms with Gasteiger partial charge in [-0.1, -0.05) is 35.5 Å². The molecule has 0 aliphatic heterocycles. The number of ether oxygens (including phenoxy) is 1. The highest BCUT2D eigenvalue weighted by Gasteiger charge is 2.12. The average Bonchev–Trinajstić information content (AvgIpc) is 3.17. The molecule has 0 aliphatic rings. The van der Waals surface area contributed by atoms with Crippen LogP contribution in [0.2, 0.25) is 0 Å². The Labute approximate surface area is 156 Å². The first-order chi connectivity index (χ1) is 13.2. The second-order valence-corrected chi connectivity index (χ2v) is 6.18. The minimum absolute atomic E-state index is 0.270. The minimum atomic E-state index is -0.270. The van der Waals surface area contributed by atoms with Crippen molar-refractivity contribution in [1.29, 1.82) is 0 Å². The van der Waals surface area contributed by atoms with Crippen LogP contribution in [-0.4, -0.2) is 10.1 Å². The Morgan fingerprint density at radius 1 is 0.963 bits per heavy atom. The van der Waals surface area contributed by atoms with Crippen molar-refractivity contribution < 1.29 is 13.7 Å². The SMILES string of the molecule is Cc1ccccc1-c1nc(-c2ccc(OCc3cccc(F)c3)cc2)no1. The molecule has 0 spiro atoms. The van der Waals surface area contributed by atoms with Crippen LogP contribution in [0.4, 0.5) is 4.39 Å². The Balaban J connectivity index is 1.47. The quantitative estimate of drug-likeness (QED) is 0.476. The summed E-state index contributed by atoms with van der Waals surface area (Å²) in [6.45, 7) is 2.31. The standard InChI is InChI=1S/C22H17FN2O2/c1-15-5-2-3-8-20(15)22-24-21(25-27-22)17-9-11-19(12-10-17)26-14-16-6-4-7-18(23)13-16/h2-13H,14H2,1H3. The third-order valence-electron chi connectivity index (χ3n) is 4.21. The molecule has 1 heterocycles. The van der Waals surface area contributed by atoms with Gasteiger partial charge in [0.25, 0.3) is 5.89 Å². The maximum absolute atomic E-state index is 13.2. The maximum atomic E-state index is 13.2. The Morgan fingerprint density at radius 3 is 2.56 bits per heavy atom. The first-order valence-corrected chi connectivity index (χ1v) is 8.56. The van der Waals surface area contributed by atoms with Crippen LogP contribution < -0.4 is 4.74 Å². The molecule has 0 saturated carbocycles. The normalized spacial score (nSPS) is 10.7. The van der Waals surface area contributed by atoms with E-state index in [4.69, 9.17) is 9.26 Å².